The molecule has 96 valence electrons. The first kappa shape index (κ1) is 12.2. The van der Waals surface area contributed by atoms with Crippen molar-refractivity contribution in [1.29, 1.82) is 0 Å². The Kier molecular flexibility index (Phi) is 3.83. The number of carbonyl (C=O) groups is 2. The van der Waals surface area contributed by atoms with Crippen LogP contribution in [0.25, 0.3) is 0 Å². The van der Waals surface area contributed by atoms with E-state index in [0.717, 1.165) is 32.6 Å². The molecule has 2 rings (SSSR count). The first-order valence-corrected chi connectivity index (χ1v) is 6.05. The maximum Gasteiger partial charge on any atom is 0.409 e. The summed E-state index contributed by atoms with van der Waals surface area (Å²) in [5.41, 5.74) is 0. The van der Waals surface area contributed by atoms with Gasteiger partial charge in [0.05, 0.1) is 13.0 Å². The highest BCUT2D eigenvalue weighted by atomic mass is 16.5. The van der Waals surface area contributed by atoms with Gasteiger partial charge in [-0.3, -0.25) is 4.79 Å². The van der Waals surface area contributed by atoms with Gasteiger partial charge in [-0.1, -0.05) is 0 Å². The van der Waals surface area contributed by atoms with Crippen molar-refractivity contribution in [1.82, 2.24) is 15.1 Å². The highest BCUT2D eigenvalue weighted by molar-refractivity contribution is 5.80. The molecule has 0 aliphatic carbocycles. The van der Waals surface area contributed by atoms with E-state index >= 15 is 0 Å². The minimum atomic E-state index is -0.333. The summed E-state index contributed by atoms with van der Waals surface area (Å²) in [6, 6.07) is 0. The van der Waals surface area contributed by atoms with Crippen molar-refractivity contribution < 1.29 is 14.3 Å². The van der Waals surface area contributed by atoms with Gasteiger partial charge in [0.2, 0.25) is 5.91 Å². The molecule has 17 heavy (non-hydrogen) atoms. The van der Waals surface area contributed by atoms with Crippen LogP contribution in [0.1, 0.15) is 6.42 Å². The van der Waals surface area contributed by atoms with Crippen LogP contribution in [0.3, 0.4) is 0 Å². The molecule has 2 aliphatic heterocycles. The maximum absolute atomic E-state index is 12.2. The number of nitrogens with zero attached hydrogens (tertiary/aromatic N) is 2. The Morgan fingerprint density at radius 2 is 1.88 bits per heavy atom. The lowest BCUT2D eigenvalue weighted by molar-refractivity contribution is -0.135. The summed E-state index contributed by atoms with van der Waals surface area (Å²) in [5, 5.41) is 3.22. The molecular formula is C11H19N3O3. The number of ether oxygens (including phenoxy) is 1. The van der Waals surface area contributed by atoms with E-state index in [-0.39, 0.29) is 17.9 Å². The largest absolute Gasteiger partial charge is 0.453 e. The lowest BCUT2D eigenvalue weighted by atomic mass is 10.1. The zero-order chi connectivity index (χ0) is 12.3. The molecule has 0 aromatic carbocycles. The van der Waals surface area contributed by atoms with Crippen LogP contribution in [0.4, 0.5) is 4.79 Å². The van der Waals surface area contributed by atoms with Crippen LogP contribution in [0.5, 0.6) is 0 Å². The first-order valence-electron chi connectivity index (χ1n) is 6.05. The van der Waals surface area contributed by atoms with Gasteiger partial charge in [-0.15, -0.1) is 0 Å². The van der Waals surface area contributed by atoms with Crippen molar-refractivity contribution in [2.45, 2.75) is 6.42 Å². The van der Waals surface area contributed by atoms with Crippen LogP contribution in [0.15, 0.2) is 0 Å². The van der Waals surface area contributed by atoms with Gasteiger partial charge in [0.15, 0.2) is 0 Å². The zero-order valence-corrected chi connectivity index (χ0v) is 10.1. The van der Waals surface area contributed by atoms with Crippen molar-refractivity contribution in [3.05, 3.63) is 0 Å². The molecule has 6 nitrogen and oxygen atoms in total. The molecule has 2 aliphatic rings. The predicted molar refractivity (Wildman–Crippen MR) is 61.5 cm³/mol. The topological polar surface area (TPSA) is 61.9 Å². The maximum atomic E-state index is 12.2. The molecule has 0 aromatic rings. The lowest BCUT2D eigenvalue weighted by Crippen LogP contribution is -2.48. The summed E-state index contributed by atoms with van der Waals surface area (Å²) in [7, 11) is 1.37. The van der Waals surface area contributed by atoms with Gasteiger partial charge in [-0.2, -0.15) is 0 Å². The Morgan fingerprint density at radius 1 is 1.18 bits per heavy atom. The van der Waals surface area contributed by atoms with E-state index in [4.69, 9.17) is 0 Å². The molecule has 1 N–H and O–H groups in total. The molecule has 0 saturated carbocycles. The molecular weight excluding hydrogens is 222 g/mol. The summed E-state index contributed by atoms with van der Waals surface area (Å²) in [4.78, 5) is 27.0. The second kappa shape index (κ2) is 5.35. The highest BCUT2D eigenvalue weighted by Gasteiger charge is 2.34. The number of methoxy groups -OCH3 is 1. The molecule has 6 heteroatoms. The normalized spacial score (nSPS) is 24.9. The Labute approximate surface area is 101 Å². The number of likely N-dealkylation sites (tertiary alicyclic amines) is 1. The van der Waals surface area contributed by atoms with Crippen LogP contribution < -0.4 is 5.32 Å². The van der Waals surface area contributed by atoms with Crippen LogP contribution >= 0.6 is 0 Å². The van der Waals surface area contributed by atoms with E-state index in [1.807, 2.05) is 4.90 Å². The lowest BCUT2D eigenvalue weighted by Gasteiger charge is -2.29. The van der Waals surface area contributed by atoms with Gasteiger partial charge >= 0.3 is 6.09 Å². The standard InChI is InChI=1S/C11H19N3O3/c1-17-11(16)14-5-2-9(8-14)10(15)13-6-3-12-4-7-13/h9,12H,2-8H2,1H3. The minimum absolute atomic E-state index is 0.0489. The van der Waals surface area contributed by atoms with Crippen molar-refractivity contribution >= 4 is 12.0 Å². The Bertz CT molecular complexity index is 302. The van der Waals surface area contributed by atoms with E-state index < -0.39 is 0 Å². The molecule has 0 spiro atoms. The summed E-state index contributed by atoms with van der Waals surface area (Å²) in [5.74, 6) is 0.130. The van der Waals surface area contributed by atoms with E-state index in [2.05, 4.69) is 10.1 Å². The fraction of sp³-hybridized carbons (Fsp3) is 0.818. The average molecular weight is 241 g/mol. The Balaban J connectivity index is 1.87. The van der Waals surface area contributed by atoms with E-state index in [0.29, 0.717) is 13.1 Å². The number of hydrogen-bond acceptors (Lipinski definition) is 4. The third-order valence-electron chi connectivity index (χ3n) is 3.40. The number of amides is 2. The second-order valence-corrected chi connectivity index (χ2v) is 4.48. The van der Waals surface area contributed by atoms with Gasteiger partial charge in [0.1, 0.15) is 0 Å². The third-order valence-corrected chi connectivity index (χ3v) is 3.40. The summed E-state index contributed by atoms with van der Waals surface area (Å²) < 4.78 is 4.66. The van der Waals surface area contributed by atoms with Gasteiger partial charge in [0, 0.05) is 39.3 Å². The van der Waals surface area contributed by atoms with E-state index in [9.17, 15) is 9.59 Å². The van der Waals surface area contributed by atoms with Crippen molar-refractivity contribution in [3.8, 4) is 0 Å². The SMILES string of the molecule is COC(=O)N1CCC(C(=O)N2CCNCC2)C1. The highest BCUT2D eigenvalue weighted by Crippen LogP contribution is 2.19. The molecule has 0 bridgehead atoms. The summed E-state index contributed by atoms with van der Waals surface area (Å²) >= 11 is 0. The number of hydrogen-bond donors (Lipinski definition) is 1. The first-order chi connectivity index (χ1) is 8.22. The van der Waals surface area contributed by atoms with Gasteiger partial charge < -0.3 is 19.9 Å². The fourth-order valence-electron chi connectivity index (χ4n) is 2.40. The zero-order valence-electron chi connectivity index (χ0n) is 10.1. The predicted octanol–water partition coefficient (Wildman–Crippen LogP) is -0.493. The molecule has 0 radical (unpaired) electrons. The van der Waals surface area contributed by atoms with Crippen LogP contribution in [0, 0.1) is 5.92 Å². The van der Waals surface area contributed by atoms with Crippen molar-refractivity contribution in [2.24, 2.45) is 5.92 Å². The molecule has 2 amide bonds. The Morgan fingerprint density at radius 3 is 2.53 bits per heavy atom. The second-order valence-electron chi connectivity index (χ2n) is 4.48. The monoisotopic (exact) mass is 241 g/mol. The Hall–Kier alpha value is -1.30. The number of nitrogens with one attached hydrogen (secondary N) is 1. The number of piperazine rings is 1. The molecule has 1 atom stereocenters. The summed E-state index contributed by atoms with van der Waals surface area (Å²) in [6.07, 6.45) is 0.415. The van der Waals surface area contributed by atoms with E-state index in [1.54, 1.807) is 4.90 Å². The van der Waals surface area contributed by atoms with Gasteiger partial charge in [-0.25, -0.2) is 4.79 Å². The fourth-order valence-corrected chi connectivity index (χ4v) is 2.40. The summed E-state index contributed by atoms with van der Waals surface area (Å²) in [6.45, 7) is 4.38. The average Bonchev–Trinajstić information content (AvgIpc) is 2.87. The van der Waals surface area contributed by atoms with Gasteiger partial charge in [0.25, 0.3) is 0 Å². The number of carbonyl (C=O) groups excluding carboxylic acids is 2. The van der Waals surface area contributed by atoms with Gasteiger partial charge in [-0.05, 0) is 6.42 Å². The molecule has 1 unspecified atom stereocenters. The van der Waals surface area contributed by atoms with Crippen LogP contribution in [-0.4, -0.2) is 68.2 Å². The molecule has 2 fully saturated rings. The molecule has 0 aromatic heterocycles. The third kappa shape index (κ3) is 2.69. The van der Waals surface area contributed by atoms with Crippen LogP contribution in [0.2, 0.25) is 0 Å². The van der Waals surface area contributed by atoms with E-state index in [1.165, 1.54) is 7.11 Å². The molecule has 2 heterocycles. The number of rotatable bonds is 1. The smallest absolute Gasteiger partial charge is 0.409 e. The van der Waals surface area contributed by atoms with Crippen molar-refractivity contribution in [3.63, 3.8) is 0 Å². The van der Waals surface area contributed by atoms with Crippen molar-refractivity contribution in [2.75, 3.05) is 46.4 Å². The minimum Gasteiger partial charge on any atom is -0.453 e. The van der Waals surface area contributed by atoms with Crippen LogP contribution in [-0.2, 0) is 9.53 Å². The quantitative estimate of drug-likeness (QED) is 0.672. The molecule has 2 saturated heterocycles.